The molecule has 0 saturated heterocycles. The Morgan fingerprint density at radius 2 is 1.90 bits per heavy atom. The predicted octanol–water partition coefficient (Wildman–Crippen LogP) is 3.29. The third-order valence-electron chi connectivity index (χ3n) is 4.03. The summed E-state index contributed by atoms with van der Waals surface area (Å²) in [5.41, 5.74) is 6.78. The molecule has 1 aromatic carbocycles. The van der Waals surface area contributed by atoms with Crippen molar-refractivity contribution in [3.8, 4) is 11.5 Å². The van der Waals surface area contributed by atoms with Crippen LogP contribution in [0.1, 0.15) is 25.7 Å². The highest BCUT2D eigenvalue weighted by molar-refractivity contribution is 6.32. The highest BCUT2D eigenvalue weighted by atomic mass is 35.5. The third-order valence-corrected chi connectivity index (χ3v) is 4.32. The van der Waals surface area contributed by atoms with E-state index in [4.69, 9.17) is 26.8 Å². The van der Waals surface area contributed by atoms with Gasteiger partial charge in [-0.1, -0.05) is 24.4 Å². The summed E-state index contributed by atoms with van der Waals surface area (Å²) in [5, 5.41) is 4.13. The molecule has 20 heavy (non-hydrogen) atoms. The maximum Gasteiger partial charge on any atom is 0.145 e. The molecule has 2 unspecified atom stereocenters. The first-order chi connectivity index (χ1) is 9.69. The van der Waals surface area contributed by atoms with E-state index < -0.39 is 0 Å². The van der Waals surface area contributed by atoms with Gasteiger partial charge in [0.25, 0.3) is 0 Å². The van der Waals surface area contributed by atoms with Gasteiger partial charge in [-0.2, -0.15) is 0 Å². The molecule has 1 fully saturated rings. The van der Waals surface area contributed by atoms with Crippen LogP contribution in [0.25, 0.3) is 0 Å². The Balaban J connectivity index is 2.21. The lowest BCUT2D eigenvalue weighted by Gasteiger charge is -2.32. The zero-order valence-corrected chi connectivity index (χ0v) is 12.9. The summed E-state index contributed by atoms with van der Waals surface area (Å²) < 4.78 is 10.6. The van der Waals surface area contributed by atoms with Crippen molar-refractivity contribution in [1.82, 2.24) is 0 Å². The summed E-state index contributed by atoms with van der Waals surface area (Å²) in [5.74, 6) is 1.87. The fourth-order valence-electron chi connectivity index (χ4n) is 2.85. The van der Waals surface area contributed by atoms with E-state index in [1.165, 1.54) is 19.3 Å². The number of anilines is 1. The van der Waals surface area contributed by atoms with Crippen molar-refractivity contribution >= 4 is 17.3 Å². The monoisotopic (exact) mass is 298 g/mol. The summed E-state index contributed by atoms with van der Waals surface area (Å²) in [6, 6.07) is 4.05. The van der Waals surface area contributed by atoms with Crippen LogP contribution in [0.4, 0.5) is 5.69 Å². The van der Waals surface area contributed by atoms with Crippen molar-refractivity contribution < 1.29 is 9.47 Å². The molecule has 1 aromatic rings. The van der Waals surface area contributed by atoms with Gasteiger partial charge in [-0.3, -0.25) is 0 Å². The molecule has 2 rings (SSSR count). The second-order valence-corrected chi connectivity index (χ2v) is 5.63. The fourth-order valence-corrected chi connectivity index (χ4v) is 3.09. The molecule has 5 heteroatoms. The van der Waals surface area contributed by atoms with E-state index in [1.54, 1.807) is 14.2 Å². The van der Waals surface area contributed by atoms with E-state index in [0.717, 1.165) is 17.9 Å². The van der Waals surface area contributed by atoms with Gasteiger partial charge < -0.3 is 20.5 Å². The van der Waals surface area contributed by atoms with Crippen LogP contribution in [0.5, 0.6) is 11.5 Å². The van der Waals surface area contributed by atoms with Crippen LogP contribution in [0.2, 0.25) is 5.02 Å². The van der Waals surface area contributed by atoms with Crippen molar-refractivity contribution in [3.05, 3.63) is 17.2 Å². The standard InChI is InChI=1S/C15H23ClN2O2/c1-19-14-8-15(20-2)13(7-11(14)16)18-12-6-4-3-5-10(12)9-17/h7-8,10,12,18H,3-6,9,17H2,1-2H3. The molecule has 3 N–H and O–H groups in total. The van der Waals surface area contributed by atoms with E-state index in [-0.39, 0.29) is 0 Å². The number of benzene rings is 1. The van der Waals surface area contributed by atoms with Crippen molar-refractivity contribution in [1.29, 1.82) is 0 Å². The summed E-state index contributed by atoms with van der Waals surface area (Å²) >= 11 is 6.20. The first-order valence-electron chi connectivity index (χ1n) is 7.07. The maximum atomic E-state index is 6.20. The number of halogens is 1. The van der Waals surface area contributed by atoms with Gasteiger partial charge in [0.2, 0.25) is 0 Å². The molecule has 0 spiro atoms. The topological polar surface area (TPSA) is 56.5 Å². The highest BCUT2D eigenvalue weighted by Gasteiger charge is 2.25. The van der Waals surface area contributed by atoms with Crippen LogP contribution < -0.4 is 20.5 Å². The number of methoxy groups -OCH3 is 2. The van der Waals surface area contributed by atoms with Gasteiger partial charge in [-0.05, 0) is 31.4 Å². The highest BCUT2D eigenvalue weighted by Crippen LogP contribution is 2.37. The van der Waals surface area contributed by atoms with Crippen LogP contribution in [0, 0.1) is 5.92 Å². The Bertz CT molecular complexity index is 454. The van der Waals surface area contributed by atoms with E-state index >= 15 is 0 Å². The smallest absolute Gasteiger partial charge is 0.145 e. The zero-order valence-electron chi connectivity index (χ0n) is 12.1. The van der Waals surface area contributed by atoms with Crippen LogP contribution in [-0.2, 0) is 0 Å². The molecule has 0 amide bonds. The van der Waals surface area contributed by atoms with Crippen LogP contribution in [-0.4, -0.2) is 26.8 Å². The van der Waals surface area contributed by atoms with Crippen molar-refractivity contribution in [2.75, 3.05) is 26.1 Å². The number of nitrogens with two attached hydrogens (primary N) is 1. The SMILES string of the molecule is COc1cc(OC)c(NC2CCCCC2CN)cc1Cl. The molecule has 0 aromatic heterocycles. The van der Waals surface area contributed by atoms with Gasteiger partial charge >= 0.3 is 0 Å². The first kappa shape index (κ1) is 15.3. The molecular formula is C15H23ClN2O2. The second-order valence-electron chi connectivity index (χ2n) is 5.22. The minimum Gasteiger partial charge on any atom is -0.495 e. The first-order valence-corrected chi connectivity index (χ1v) is 7.45. The Labute approximate surface area is 125 Å². The second kappa shape index (κ2) is 7.04. The molecule has 112 valence electrons. The lowest BCUT2D eigenvalue weighted by molar-refractivity contribution is 0.331. The molecule has 0 aliphatic heterocycles. The normalized spacial score (nSPS) is 22.4. The molecule has 0 bridgehead atoms. The minimum atomic E-state index is 0.382. The van der Waals surface area contributed by atoms with E-state index in [2.05, 4.69) is 5.32 Å². The van der Waals surface area contributed by atoms with E-state index in [9.17, 15) is 0 Å². The summed E-state index contributed by atoms with van der Waals surface area (Å²) in [4.78, 5) is 0. The molecule has 2 atom stereocenters. The number of ether oxygens (including phenoxy) is 2. The Kier molecular flexibility index (Phi) is 5.38. The van der Waals surface area contributed by atoms with Gasteiger partial charge in [0, 0.05) is 12.1 Å². The van der Waals surface area contributed by atoms with Crippen LogP contribution in [0.3, 0.4) is 0 Å². The van der Waals surface area contributed by atoms with Gasteiger partial charge in [0.15, 0.2) is 0 Å². The minimum absolute atomic E-state index is 0.382. The Morgan fingerprint density at radius 1 is 1.20 bits per heavy atom. The van der Waals surface area contributed by atoms with Crippen molar-refractivity contribution in [2.45, 2.75) is 31.7 Å². The van der Waals surface area contributed by atoms with Gasteiger partial charge in [-0.15, -0.1) is 0 Å². The molecule has 1 saturated carbocycles. The summed E-state index contributed by atoms with van der Waals surface area (Å²) in [7, 11) is 3.24. The van der Waals surface area contributed by atoms with Crippen LogP contribution >= 0.6 is 11.6 Å². The maximum absolute atomic E-state index is 6.20. The lowest BCUT2D eigenvalue weighted by atomic mass is 9.84. The molecule has 1 aliphatic rings. The van der Waals surface area contributed by atoms with Gasteiger partial charge in [0.1, 0.15) is 11.5 Å². The van der Waals surface area contributed by atoms with E-state index in [1.807, 2.05) is 12.1 Å². The fraction of sp³-hybridized carbons (Fsp3) is 0.600. The summed E-state index contributed by atoms with van der Waals surface area (Å²) in [6.07, 6.45) is 4.82. The molecular weight excluding hydrogens is 276 g/mol. The Morgan fingerprint density at radius 3 is 2.55 bits per heavy atom. The molecule has 1 aliphatic carbocycles. The number of nitrogens with one attached hydrogen (secondary N) is 1. The largest absolute Gasteiger partial charge is 0.495 e. The molecule has 4 nitrogen and oxygen atoms in total. The molecule has 0 radical (unpaired) electrons. The number of hydrogen-bond donors (Lipinski definition) is 2. The average Bonchev–Trinajstić information content (AvgIpc) is 2.48. The van der Waals surface area contributed by atoms with Crippen molar-refractivity contribution in [2.24, 2.45) is 11.7 Å². The quantitative estimate of drug-likeness (QED) is 0.876. The van der Waals surface area contributed by atoms with E-state index in [0.29, 0.717) is 29.3 Å². The Hall–Kier alpha value is -1.13. The van der Waals surface area contributed by atoms with Crippen LogP contribution in [0.15, 0.2) is 12.1 Å². The zero-order chi connectivity index (χ0) is 14.5. The third kappa shape index (κ3) is 3.30. The number of hydrogen-bond acceptors (Lipinski definition) is 4. The predicted molar refractivity (Wildman–Crippen MR) is 83.0 cm³/mol. The molecule has 0 heterocycles. The van der Waals surface area contributed by atoms with Gasteiger partial charge in [-0.25, -0.2) is 0 Å². The van der Waals surface area contributed by atoms with Crippen molar-refractivity contribution in [3.63, 3.8) is 0 Å². The summed E-state index contributed by atoms with van der Waals surface area (Å²) in [6.45, 7) is 0.712. The van der Waals surface area contributed by atoms with Gasteiger partial charge in [0.05, 0.1) is 24.9 Å². The number of rotatable bonds is 5. The average molecular weight is 299 g/mol. The lowest BCUT2D eigenvalue weighted by Crippen LogP contribution is -2.36.